The molecular formula is C18H19FN2O2. The van der Waals surface area contributed by atoms with Crippen molar-refractivity contribution < 1.29 is 13.9 Å². The first kappa shape index (κ1) is 15.5. The van der Waals surface area contributed by atoms with Gasteiger partial charge in [-0.3, -0.25) is 4.79 Å². The summed E-state index contributed by atoms with van der Waals surface area (Å²) >= 11 is 0. The number of hydrogen-bond donors (Lipinski definition) is 1. The van der Waals surface area contributed by atoms with Gasteiger partial charge in [0.15, 0.2) is 0 Å². The van der Waals surface area contributed by atoms with Crippen molar-refractivity contribution in [3.63, 3.8) is 0 Å². The van der Waals surface area contributed by atoms with Crippen LogP contribution < -0.4 is 10.1 Å². The molecule has 1 aliphatic rings. The van der Waals surface area contributed by atoms with Gasteiger partial charge in [0.25, 0.3) is 0 Å². The zero-order chi connectivity index (χ0) is 16.3. The number of halogens is 1. The summed E-state index contributed by atoms with van der Waals surface area (Å²) in [5.41, 5.74) is 0.689. The standard InChI is InChI=1S/C18H19FN2O2/c1-23-16-8-7-15(12-20-16)21-17(22)18(9-2-3-10-18)13-5-4-6-14(19)11-13/h4-8,11-12H,2-3,9-10H2,1H3,(H,21,22). The first-order chi connectivity index (χ1) is 11.1. The van der Waals surface area contributed by atoms with Gasteiger partial charge in [-0.15, -0.1) is 0 Å². The molecule has 0 radical (unpaired) electrons. The van der Waals surface area contributed by atoms with E-state index in [9.17, 15) is 9.18 Å². The minimum atomic E-state index is -0.665. The maximum atomic E-state index is 13.6. The number of methoxy groups -OCH3 is 1. The summed E-state index contributed by atoms with van der Waals surface area (Å²) < 4.78 is 18.6. The van der Waals surface area contributed by atoms with Crippen molar-refractivity contribution >= 4 is 11.6 Å². The topological polar surface area (TPSA) is 51.2 Å². The summed E-state index contributed by atoms with van der Waals surface area (Å²) in [5.74, 6) is 0.0731. The average molecular weight is 314 g/mol. The molecule has 1 aromatic heterocycles. The molecule has 4 nitrogen and oxygen atoms in total. The van der Waals surface area contributed by atoms with Crippen LogP contribution in [-0.2, 0) is 10.2 Å². The smallest absolute Gasteiger partial charge is 0.235 e. The lowest BCUT2D eigenvalue weighted by atomic mass is 9.78. The van der Waals surface area contributed by atoms with Gasteiger partial charge in [0.1, 0.15) is 5.82 Å². The summed E-state index contributed by atoms with van der Waals surface area (Å²) in [6, 6.07) is 9.80. The highest BCUT2D eigenvalue weighted by molar-refractivity contribution is 5.99. The molecule has 0 saturated heterocycles. The predicted octanol–water partition coefficient (Wildman–Crippen LogP) is 3.68. The van der Waals surface area contributed by atoms with E-state index in [1.807, 2.05) is 6.07 Å². The molecule has 1 saturated carbocycles. The fraction of sp³-hybridized carbons (Fsp3) is 0.333. The second-order valence-electron chi connectivity index (χ2n) is 5.84. The molecule has 0 spiro atoms. The number of carbonyl (C=O) groups excluding carboxylic acids is 1. The number of benzene rings is 1. The van der Waals surface area contributed by atoms with E-state index in [0.29, 0.717) is 11.6 Å². The number of amides is 1. The zero-order valence-corrected chi connectivity index (χ0v) is 13.0. The van der Waals surface area contributed by atoms with Gasteiger partial charge < -0.3 is 10.1 Å². The number of anilines is 1. The molecule has 3 rings (SSSR count). The van der Waals surface area contributed by atoms with Crippen molar-refractivity contribution in [1.29, 1.82) is 0 Å². The molecule has 1 N–H and O–H groups in total. The van der Waals surface area contributed by atoms with Crippen LogP contribution in [0.4, 0.5) is 10.1 Å². The molecular weight excluding hydrogens is 295 g/mol. The minimum Gasteiger partial charge on any atom is -0.481 e. The Morgan fingerprint density at radius 2 is 2.04 bits per heavy atom. The van der Waals surface area contributed by atoms with Crippen LogP contribution in [0.3, 0.4) is 0 Å². The molecule has 0 atom stereocenters. The molecule has 1 heterocycles. The average Bonchev–Trinajstić information content (AvgIpc) is 3.06. The zero-order valence-electron chi connectivity index (χ0n) is 13.0. The summed E-state index contributed by atoms with van der Waals surface area (Å²) in [6.45, 7) is 0. The number of rotatable bonds is 4. The Kier molecular flexibility index (Phi) is 4.28. The molecule has 23 heavy (non-hydrogen) atoms. The maximum Gasteiger partial charge on any atom is 0.235 e. The Morgan fingerprint density at radius 1 is 1.26 bits per heavy atom. The number of nitrogens with zero attached hydrogens (tertiary/aromatic N) is 1. The summed E-state index contributed by atoms with van der Waals surface area (Å²) in [7, 11) is 1.54. The van der Waals surface area contributed by atoms with E-state index in [-0.39, 0.29) is 11.7 Å². The van der Waals surface area contributed by atoms with Gasteiger partial charge >= 0.3 is 0 Å². The molecule has 0 bridgehead atoms. The van der Waals surface area contributed by atoms with Crippen molar-refractivity contribution in [2.24, 2.45) is 0 Å². The van der Waals surface area contributed by atoms with Crippen LogP contribution in [0.15, 0.2) is 42.6 Å². The van der Waals surface area contributed by atoms with Crippen molar-refractivity contribution in [3.8, 4) is 5.88 Å². The van der Waals surface area contributed by atoms with Gasteiger partial charge in [0.2, 0.25) is 11.8 Å². The quantitative estimate of drug-likeness (QED) is 0.936. The second-order valence-corrected chi connectivity index (χ2v) is 5.84. The number of hydrogen-bond acceptors (Lipinski definition) is 3. The van der Waals surface area contributed by atoms with E-state index >= 15 is 0 Å². The number of carbonyl (C=O) groups is 1. The van der Waals surface area contributed by atoms with Crippen LogP contribution in [0.5, 0.6) is 5.88 Å². The molecule has 1 aromatic carbocycles. The maximum absolute atomic E-state index is 13.6. The van der Waals surface area contributed by atoms with Crippen LogP contribution in [0.2, 0.25) is 0 Å². The Balaban J connectivity index is 1.87. The minimum absolute atomic E-state index is 0.104. The number of pyridine rings is 1. The van der Waals surface area contributed by atoms with Crippen molar-refractivity contribution in [2.45, 2.75) is 31.1 Å². The Labute approximate surface area is 134 Å². The molecule has 1 amide bonds. The molecule has 0 unspecified atom stereocenters. The highest BCUT2D eigenvalue weighted by atomic mass is 19.1. The van der Waals surface area contributed by atoms with E-state index in [2.05, 4.69) is 10.3 Å². The van der Waals surface area contributed by atoms with Gasteiger partial charge in [-0.05, 0) is 36.6 Å². The van der Waals surface area contributed by atoms with Crippen LogP contribution in [-0.4, -0.2) is 18.0 Å². The van der Waals surface area contributed by atoms with E-state index < -0.39 is 5.41 Å². The van der Waals surface area contributed by atoms with Crippen molar-refractivity contribution in [3.05, 3.63) is 54.0 Å². The molecule has 120 valence electrons. The fourth-order valence-electron chi connectivity index (χ4n) is 3.24. The molecule has 5 heteroatoms. The summed E-state index contributed by atoms with van der Waals surface area (Å²) in [4.78, 5) is 17.0. The number of ether oxygens (including phenoxy) is 1. The third kappa shape index (κ3) is 3.04. The Bertz CT molecular complexity index is 694. The van der Waals surface area contributed by atoms with E-state index in [1.54, 1.807) is 24.4 Å². The number of aromatic nitrogens is 1. The van der Waals surface area contributed by atoms with Crippen LogP contribution >= 0.6 is 0 Å². The van der Waals surface area contributed by atoms with Crippen LogP contribution in [0.1, 0.15) is 31.2 Å². The third-order valence-corrected chi connectivity index (χ3v) is 4.47. The van der Waals surface area contributed by atoms with E-state index in [4.69, 9.17) is 4.74 Å². The highest BCUT2D eigenvalue weighted by Crippen LogP contribution is 2.42. The molecule has 1 fully saturated rings. The number of nitrogens with one attached hydrogen (secondary N) is 1. The van der Waals surface area contributed by atoms with Gasteiger partial charge in [-0.25, -0.2) is 9.37 Å². The summed E-state index contributed by atoms with van der Waals surface area (Å²) in [6.07, 6.45) is 4.94. The van der Waals surface area contributed by atoms with E-state index in [0.717, 1.165) is 31.2 Å². The largest absolute Gasteiger partial charge is 0.481 e. The first-order valence-electron chi connectivity index (χ1n) is 7.72. The van der Waals surface area contributed by atoms with E-state index in [1.165, 1.54) is 19.2 Å². The SMILES string of the molecule is COc1ccc(NC(=O)C2(c3cccc(F)c3)CCCC2)cn1. The Morgan fingerprint density at radius 3 is 2.65 bits per heavy atom. The van der Waals surface area contributed by atoms with Gasteiger partial charge in [-0.2, -0.15) is 0 Å². The molecule has 0 aliphatic heterocycles. The lowest BCUT2D eigenvalue weighted by Gasteiger charge is -2.28. The lowest BCUT2D eigenvalue weighted by molar-refractivity contribution is -0.121. The monoisotopic (exact) mass is 314 g/mol. The van der Waals surface area contributed by atoms with Crippen LogP contribution in [0.25, 0.3) is 0 Å². The predicted molar refractivity (Wildman–Crippen MR) is 86.0 cm³/mol. The second kappa shape index (κ2) is 6.36. The van der Waals surface area contributed by atoms with Gasteiger partial charge in [-0.1, -0.05) is 25.0 Å². The highest BCUT2D eigenvalue weighted by Gasteiger charge is 2.42. The normalized spacial score (nSPS) is 16.1. The first-order valence-corrected chi connectivity index (χ1v) is 7.72. The molecule has 1 aliphatic carbocycles. The summed E-state index contributed by atoms with van der Waals surface area (Å²) in [5, 5.41) is 2.91. The third-order valence-electron chi connectivity index (χ3n) is 4.47. The van der Waals surface area contributed by atoms with Crippen molar-refractivity contribution in [2.75, 3.05) is 12.4 Å². The Hall–Kier alpha value is -2.43. The van der Waals surface area contributed by atoms with Crippen molar-refractivity contribution in [1.82, 2.24) is 4.98 Å². The van der Waals surface area contributed by atoms with Crippen LogP contribution in [0, 0.1) is 5.82 Å². The molecule has 2 aromatic rings. The lowest BCUT2D eigenvalue weighted by Crippen LogP contribution is -2.38. The van der Waals surface area contributed by atoms with Gasteiger partial charge in [0, 0.05) is 6.07 Å². The fourth-order valence-corrected chi connectivity index (χ4v) is 3.24. The van der Waals surface area contributed by atoms with Gasteiger partial charge in [0.05, 0.1) is 24.4 Å².